The minimum Gasteiger partial charge on any atom is -0.486 e. The Hall–Kier alpha value is -1.71. The van der Waals surface area contributed by atoms with Gasteiger partial charge in [-0.15, -0.1) is 0 Å². The van der Waals surface area contributed by atoms with Crippen molar-refractivity contribution in [3.05, 3.63) is 17.7 Å². The van der Waals surface area contributed by atoms with E-state index in [1.165, 1.54) is 0 Å². The van der Waals surface area contributed by atoms with Gasteiger partial charge in [-0.2, -0.15) is 0 Å². The SMILES string of the molecule is CC1COc2ccc3c(c2O1)CC(=O)N3. The highest BCUT2D eigenvalue weighted by molar-refractivity contribution is 6.00. The van der Waals surface area contributed by atoms with Gasteiger partial charge in [0, 0.05) is 11.3 Å². The fourth-order valence-electron chi connectivity index (χ4n) is 1.94. The van der Waals surface area contributed by atoms with Gasteiger partial charge in [0.25, 0.3) is 0 Å². The van der Waals surface area contributed by atoms with E-state index >= 15 is 0 Å². The molecule has 0 aliphatic carbocycles. The molecule has 2 aliphatic rings. The molecule has 0 bridgehead atoms. The van der Waals surface area contributed by atoms with Crippen molar-refractivity contribution >= 4 is 11.6 Å². The lowest BCUT2D eigenvalue weighted by Gasteiger charge is -2.25. The summed E-state index contributed by atoms with van der Waals surface area (Å²) in [6, 6.07) is 3.70. The van der Waals surface area contributed by atoms with Crippen molar-refractivity contribution in [2.75, 3.05) is 11.9 Å². The van der Waals surface area contributed by atoms with Crippen LogP contribution in [-0.4, -0.2) is 18.6 Å². The van der Waals surface area contributed by atoms with Gasteiger partial charge in [-0.25, -0.2) is 0 Å². The van der Waals surface area contributed by atoms with Gasteiger partial charge in [0.1, 0.15) is 12.7 Å². The Bertz CT molecular complexity index is 442. The van der Waals surface area contributed by atoms with Crippen LogP contribution in [-0.2, 0) is 11.2 Å². The first-order valence-corrected chi connectivity index (χ1v) is 4.99. The van der Waals surface area contributed by atoms with E-state index < -0.39 is 0 Å². The van der Waals surface area contributed by atoms with Crippen LogP contribution >= 0.6 is 0 Å². The second-order valence-corrected chi connectivity index (χ2v) is 3.88. The number of hydrogen-bond donors (Lipinski definition) is 1. The Kier molecular flexibility index (Phi) is 1.65. The molecule has 0 saturated carbocycles. The fraction of sp³-hybridized carbons (Fsp3) is 0.364. The third-order valence-corrected chi connectivity index (χ3v) is 2.63. The van der Waals surface area contributed by atoms with Crippen LogP contribution in [0.2, 0.25) is 0 Å². The maximum absolute atomic E-state index is 11.3. The lowest BCUT2D eigenvalue weighted by atomic mass is 10.1. The summed E-state index contributed by atoms with van der Waals surface area (Å²) in [7, 11) is 0. The third-order valence-electron chi connectivity index (χ3n) is 2.63. The van der Waals surface area contributed by atoms with E-state index in [4.69, 9.17) is 9.47 Å². The number of carbonyl (C=O) groups is 1. The van der Waals surface area contributed by atoms with Crippen LogP contribution < -0.4 is 14.8 Å². The van der Waals surface area contributed by atoms with E-state index in [1.54, 1.807) is 0 Å². The lowest BCUT2D eigenvalue weighted by Crippen LogP contribution is -2.26. The topological polar surface area (TPSA) is 47.6 Å². The minimum absolute atomic E-state index is 0.0141. The number of anilines is 1. The standard InChI is InChI=1S/C11H11NO3/c1-6-5-14-9-3-2-8-7(11(9)15-6)4-10(13)12-8/h2-3,6H,4-5H2,1H3,(H,12,13). The Balaban J connectivity index is 2.12. The van der Waals surface area contributed by atoms with Gasteiger partial charge in [0.15, 0.2) is 11.5 Å². The fourth-order valence-corrected chi connectivity index (χ4v) is 1.94. The number of carbonyl (C=O) groups excluding carboxylic acids is 1. The van der Waals surface area contributed by atoms with Crippen molar-refractivity contribution in [3.8, 4) is 11.5 Å². The summed E-state index contributed by atoms with van der Waals surface area (Å²) in [6.45, 7) is 2.51. The molecule has 1 N–H and O–H groups in total. The summed E-state index contributed by atoms with van der Waals surface area (Å²) in [5, 5.41) is 2.79. The van der Waals surface area contributed by atoms with Crippen molar-refractivity contribution in [2.45, 2.75) is 19.4 Å². The predicted molar refractivity (Wildman–Crippen MR) is 54.4 cm³/mol. The summed E-state index contributed by atoms with van der Waals surface area (Å²) in [4.78, 5) is 11.3. The third kappa shape index (κ3) is 1.25. The summed E-state index contributed by atoms with van der Waals surface area (Å²) < 4.78 is 11.2. The molecule has 15 heavy (non-hydrogen) atoms. The number of nitrogens with one attached hydrogen (secondary N) is 1. The molecule has 4 nitrogen and oxygen atoms in total. The maximum atomic E-state index is 11.3. The summed E-state index contributed by atoms with van der Waals surface area (Å²) in [5.41, 5.74) is 1.76. The second-order valence-electron chi connectivity index (χ2n) is 3.88. The molecular formula is C11H11NO3. The first kappa shape index (κ1) is 8.59. The highest BCUT2D eigenvalue weighted by atomic mass is 16.6. The summed E-state index contributed by atoms with van der Waals surface area (Å²) in [6.07, 6.45) is 0.425. The van der Waals surface area contributed by atoms with E-state index in [0.29, 0.717) is 13.0 Å². The largest absolute Gasteiger partial charge is 0.486 e. The molecule has 1 atom stereocenters. The van der Waals surface area contributed by atoms with Crippen LogP contribution in [0.3, 0.4) is 0 Å². The van der Waals surface area contributed by atoms with Crippen molar-refractivity contribution in [1.82, 2.24) is 0 Å². The van der Waals surface area contributed by atoms with Crippen LogP contribution in [0.4, 0.5) is 5.69 Å². The van der Waals surface area contributed by atoms with Gasteiger partial charge in [0.05, 0.1) is 6.42 Å². The van der Waals surface area contributed by atoms with Crippen molar-refractivity contribution in [1.29, 1.82) is 0 Å². The molecule has 3 rings (SSSR count). The van der Waals surface area contributed by atoms with Gasteiger partial charge in [-0.05, 0) is 19.1 Å². The summed E-state index contributed by atoms with van der Waals surface area (Å²) >= 11 is 0. The van der Waals surface area contributed by atoms with Crippen LogP contribution in [0.5, 0.6) is 11.5 Å². The Morgan fingerprint density at radius 3 is 3.20 bits per heavy atom. The zero-order valence-corrected chi connectivity index (χ0v) is 8.37. The van der Waals surface area contributed by atoms with Gasteiger partial charge in [-0.1, -0.05) is 0 Å². The molecule has 1 aromatic carbocycles. The maximum Gasteiger partial charge on any atom is 0.229 e. The molecule has 2 heterocycles. The molecule has 0 radical (unpaired) electrons. The molecule has 0 saturated heterocycles. The van der Waals surface area contributed by atoms with E-state index in [0.717, 1.165) is 22.7 Å². The van der Waals surface area contributed by atoms with E-state index in [1.807, 2.05) is 19.1 Å². The number of benzene rings is 1. The molecular weight excluding hydrogens is 194 g/mol. The molecule has 1 amide bonds. The zero-order valence-electron chi connectivity index (χ0n) is 8.37. The Morgan fingerprint density at radius 1 is 1.47 bits per heavy atom. The lowest BCUT2D eigenvalue weighted by molar-refractivity contribution is -0.115. The van der Waals surface area contributed by atoms with Crippen molar-refractivity contribution in [2.24, 2.45) is 0 Å². The monoisotopic (exact) mass is 205 g/mol. The molecule has 78 valence electrons. The number of hydrogen-bond acceptors (Lipinski definition) is 3. The van der Waals surface area contributed by atoms with Crippen molar-refractivity contribution in [3.63, 3.8) is 0 Å². The molecule has 4 heteroatoms. The van der Waals surface area contributed by atoms with Crippen LogP contribution in [0.15, 0.2) is 12.1 Å². The molecule has 0 spiro atoms. The minimum atomic E-state index is 0.0141. The summed E-state index contributed by atoms with van der Waals surface area (Å²) in [5.74, 6) is 1.48. The molecule has 1 aromatic rings. The Labute approximate surface area is 87.2 Å². The second kappa shape index (κ2) is 2.89. The quantitative estimate of drug-likeness (QED) is 0.695. The van der Waals surface area contributed by atoms with E-state index in [2.05, 4.69) is 5.32 Å². The molecule has 0 aromatic heterocycles. The highest BCUT2D eigenvalue weighted by Crippen LogP contribution is 2.41. The average molecular weight is 205 g/mol. The van der Waals surface area contributed by atoms with Crippen LogP contribution in [0, 0.1) is 0 Å². The average Bonchev–Trinajstić information content (AvgIpc) is 2.58. The Morgan fingerprint density at radius 2 is 2.33 bits per heavy atom. The van der Waals surface area contributed by atoms with Gasteiger partial charge < -0.3 is 14.8 Å². The zero-order chi connectivity index (χ0) is 10.4. The molecule has 2 aliphatic heterocycles. The number of fused-ring (bicyclic) bond motifs is 3. The molecule has 1 unspecified atom stereocenters. The highest BCUT2D eigenvalue weighted by Gasteiger charge is 2.28. The van der Waals surface area contributed by atoms with Gasteiger partial charge in [0.2, 0.25) is 5.91 Å². The predicted octanol–water partition coefficient (Wildman–Crippen LogP) is 1.34. The first-order chi connectivity index (χ1) is 7.24. The van der Waals surface area contributed by atoms with Crippen LogP contribution in [0.1, 0.15) is 12.5 Å². The number of rotatable bonds is 0. The van der Waals surface area contributed by atoms with Gasteiger partial charge >= 0.3 is 0 Å². The number of ether oxygens (including phenoxy) is 2. The van der Waals surface area contributed by atoms with E-state index in [9.17, 15) is 4.79 Å². The molecule has 0 fully saturated rings. The van der Waals surface area contributed by atoms with Gasteiger partial charge in [-0.3, -0.25) is 4.79 Å². The number of amides is 1. The van der Waals surface area contributed by atoms with Crippen LogP contribution in [0.25, 0.3) is 0 Å². The van der Waals surface area contributed by atoms with Crippen molar-refractivity contribution < 1.29 is 14.3 Å². The first-order valence-electron chi connectivity index (χ1n) is 4.99. The normalized spacial score (nSPS) is 22.2. The van der Waals surface area contributed by atoms with E-state index in [-0.39, 0.29) is 12.0 Å². The smallest absolute Gasteiger partial charge is 0.229 e.